The Morgan fingerprint density at radius 3 is 0.806 bits per heavy atom. The van der Waals surface area contributed by atoms with Gasteiger partial charge in [-0.25, -0.2) is 0 Å². The molecule has 0 saturated heterocycles. The second kappa shape index (κ2) is 16.1. The molecule has 12 nitrogen and oxygen atoms in total. The van der Waals surface area contributed by atoms with Crippen molar-refractivity contribution in [1.29, 1.82) is 0 Å². The molecule has 0 amide bonds. The summed E-state index contributed by atoms with van der Waals surface area (Å²) in [5, 5.41) is 38.0. The average Bonchev–Trinajstić information content (AvgIpc) is 2.85. The van der Waals surface area contributed by atoms with Gasteiger partial charge in [0.1, 0.15) is 0 Å². The first-order chi connectivity index (χ1) is 14.5. The maximum Gasteiger partial charge on any atom is 3.00 e. The van der Waals surface area contributed by atoms with Crippen molar-refractivity contribution in [2.24, 2.45) is 15.9 Å². The van der Waals surface area contributed by atoms with Crippen LogP contribution < -0.4 is 15.5 Å². The van der Waals surface area contributed by atoms with E-state index in [-0.39, 0.29) is 49.6 Å². The van der Waals surface area contributed by atoms with Crippen molar-refractivity contribution in [3.63, 3.8) is 0 Å². The minimum Gasteiger partial charge on any atom is -0.735 e. The number of benzene rings is 3. The van der Waals surface area contributed by atoms with Gasteiger partial charge in [-0.05, 0) is 36.4 Å². The van der Waals surface area contributed by atoms with Crippen LogP contribution in [-0.4, -0.2) is 0 Å². The van der Waals surface area contributed by atoms with Gasteiger partial charge < -0.3 is 15.6 Å². The molecule has 0 bridgehead atoms. The molecule has 0 aliphatic rings. The molecular weight excluding hydrogens is 452 g/mol. The summed E-state index contributed by atoms with van der Waals surface area (Å²) >= 11 is 0. The van der Waals surface area contributed by atoms with E-state index in [2.05, 4.69) is 15.9 Å². The second-order valence-electron chi connectivity index (χ2n) is 5.07. The number of para-hydroxylation sites is 3. The van der Waals surface area contributed by atoms with Crippen LogP contribution >= 0.6 is 0 Å². The summed E-state index contributed by atoms with van der Waals surface area (Å²) in [5.74, 6) is 0. The van der Waals surface area contributed by atoms with E-state index in [4.69, 9.17) is 0 Å². The van der Waals surface area contributed by atoms with Gasteiger partial charge in [0, 0.05) is 32.9 Å². The van der Waals surface area contributed by atoms with Gasteiger partial charge in [-0.2, -0.15) is 0 Å². The molecule has 0 unspecified atom stereocenters. The van der Waals surface area contributed by atoms with Crippen molar-refractivity contribution in [1.82, 2.24) is 0 Å². The number of rotatable bonds is 6. The summed E-state index contributed by atoms with van der Waals surface area (Å²) < 4.78 is 0. The van der Waals surface area contributed by atoms with Crippen LogP contribution in [0, 0.1) is 30.3 Å². The Labute approximate surface area is 187 Å². The Morgan fingerprint density at radius 2 is 0.645 bits per heavy atom. The molecule has 0 aliphatic carbocycles. The summed E-state index contributed by atoms with van der Waals surface area (Å²) in [7, 11) is 0. The summed E-state index contributed by atoms with van der Waals surface area (Å²) in [6.07, 6.45) is 0. The van der Waals surface area contributed by atoms with Crippen molar-refractivity contribution in [2.75, 3.05) is 15.5 Å². The van der Waals surface area contributed by atoms with E-state index in [0.717, 1.165) is 0 Å². The van der Waals surface area contributed by atoms with Crippen LogP contribution in [0.4, 0.5) is 17.1 Å². The molecule has 13 heteroatoms. The number of hydrogen-bond acceptors (Lipinski definition) is 9. The van der Waals surface area contributed by atoms with Crippen molar-refractivity contribution < 1.29 is 17.1 Å². The zero-order chi connectivity index (χ0) is 22.2. The Hall–Kier alpha value is -3.74. The molecule has 0 atom stereocenters. The summed E-state index contributed by atoms with van der Waals surface area (Å²) in [6, 6.07) is 24.3. The van der Waals surface area contributed by atoms with Gasteiger partial charge in [0.2, 0.25) is 0 Å². The molecule has 3 rings (SSSR count). The molecule has 0 aliphatic heterocycles. The topological polar surface area (TPSA) is 167 Å². The number of anilines is 3. The fourth-order valence-electron chi connectivity index (χ4n) is 1.81. The monoisotopic (exact) mass is 467 g/mol. The molecule has 0 spiro atoms. The van der Waals surface area contributed by atoms with Gasteiger partial charge in [-0.15, -0.1) is 14.7 Å². The fraction of sp³-hybridized carbons (Fsp3) is 0. The fourth-order valence-corrected chi connectivity index (χ4v) is 1.81. The van der Waals surface area contributed by atoms with E-state index in [0.29, 0.717) is 0 Å². The Morgan fingerprint density at radius 1 is 0.452 bits per heavy atom. The molecule has 0 fully saturated rings. The Bertz CT molecular complexity index is 761. The van der Waals surface area contributed by atoms with Crippen LogP contribution in [0.3, 0.4) is 0 Å². The Balaban J connectivity index is 0.000000429. The molecule has 31 heavy (non-hydrogen) atoms. The van der Waals surface area contributed by atoms with Gasteiger partial charge in [0.05, 0.1) is 0 Å². The van der Waals surface area contributed by atoms with Crippen LogP contribution in [0.5, 0.6) is 0 Å². The van der Waals surface area contributed by atoms with Crippen LogP contribution in [0.15, 0.2) is 107 Å². The van der Waals surface area contributed by atoms with Gasteiger partial charge in [-0.3, -0.25) is 15.5 Å². The maximum atomic E-state index is 10.5. The van der Waals surface area contributed by atoms with Gasteiger partial charge >= 0.3 is 17.1 Å². The van der Waals surface area contributed by atoms with Crippen LogP contribution in [0.2, 0.25) is 0 Å². The smallest absolute Gasteiger partial charge is 0.735 e. The minimum absolute atomic E-state index is 0. The first-order valence-corrected chi connectivity index (χ1v) is 8.10. The van der Waals surface area contributed by atoms with Gasteiger partial charge in [-0.1, -0.05) is 54.6 Å². The molecule has 0 aromatic heterocycles. The van der Waals surface area contributed by atoms with E-state index in [1.165, 1.54) is 36.4 Å². The zero-order valence-corrected chi connectivity index (χ0v) is 16.8. The second-order valence-corrected chi connectivity index (χ2v) is 5.07. The van der Waals surface area contributed by atoms with Gasteiger partial charge in [0.25, 0.3) is 0 Å². The van der Waals surface area contributed by atoms with E-state index >= 15 is 0 Å². The number of nitroso groups, excluding NO2 is 3. The van der Waals surface area contributed by atoms with E-state index < -0.39 is 0 Å². The molecule has 1 radical (unpaired) electrons. The summed E-state index contributed by atoms with van der Waals surface area (Å²) in [5.41, 5.74) is 0.743. The SMILES string of the molecule is O=NN([O-])c1ccccc1.O=NN([O-])c1ccccc1.O=NN([O-])c1ccccc1.[Fe+3]. The van der Waals surface area contributed by atoms with Crippen LogP contribution in [-0.2, 0) is 17.1 Å². The molecule has 3 aromatic carbocycles. The molecule has 0 saturated carbocycles. The molecule has 161 valence electrons. The third-order valence-electron chi connectivity index (χ3n) is 3.15. The van der Waals surface area contributed by atoms with E-state index in [9.17, 15) is 30.3 Å². The minimum atomic E-state index is 0. The summed E-state index contributed by atoms with van der Waals surface area (Å²) in [4.78, 5) is 29.0. The third kappa shape index (κ3) is 10.6. The first kappa shape index (κ1) is 27.3. The predicted octanol–water partition coefficient (Wildman–Crippen LogP) is 5.01. The number of hydrogen-bond donors (Lipinski definition) is 0. The Kier molecular flexibility index (Phi) is 14.2. The largest absolute Gasteiger partial charge is 3.00 e. The molecule has 0 heterocycles. The molecular formula is C18H15FeN6O6. The van der Waals surface area contributed by atoms with Crippen molar-refractivity contribution in [2.45, 2.75) is 0 Å². The van der Waals surface area contributed by atoms with Crippen molar-refractivity contribution in [3.8, 4) is 0 Å². The molecule has 3 aromatic rings. The molecule has 0 N–H and O–H groups in total. The summed E-state index contributed by atoms with van der Waals surface area (Å²) in [6.45, 7) is 0. The van der Waals surface area contributed by atoms with Crippen LogP contribution in [0.25, 0.3) is 0 Å². The van der Waals surface area contributed by atoms with Crippen molar-refractivity contribution in [3.05, 3.63) is 121 Å². The van der Waals surface area contributed by atoms with Gasteiger partial charge in [0.15, 0.2) is 0 Å². The first-order valence-electron chi connectivity index (χ1n) is 8.10. The standard InChI is InChI=1S/3C6H5N2O2.Fe/c3*9-7-8(10)6-4-2-1-3-5-6;/h3*1-5H;/q3*-1;+3. The third-order valence-corrected chi connectivity index (χ3v) is 3.15. The normalized spacial score (nSPS) is 8.61. The maximum absolute atomic E-state index is 10.5. The van der Waals surface area contributed by atoms with Crippen molar-refractivity contribution >= 4 is 17.1 Å². The van der Waals surface area contributed by atoms with E-state index in [1.807, 2.05) is 0 Å². The number of nitrogens with zero attached hydrogens (tertiary/aromatic N) is 6. The van der Waals surface area contributed by atoms with E-state index in [1.54, 1.807) is 54.6 Å². The zero-order valence-electron chi connectivity index (χ0n) is 15.6. The average molecular weight is 467 g/mol. The quantitative estimate of drug-likeness (QED) is 0.275. The predicted molar refractivity (Wildman–Crippen MR) is 114 cm³/mol. The van der Waals surface area contributed by atoms with Crippen LogP contribution in [0.1, 0.15) is 0 Å².